The molecule has 2 N–H and O–H groups in total. The van der Waals surface area contributed by atoms with Gasteiger partial charge in [-0.1, -0.05) is 42.5 Å². The van der Waals surface area contributed by atoms with Gasteiger partial charge in [-0.15, -0.1) is 0 Å². The fourth-order valence-corrected chi connectivity index (χ4v) is 3.52. The number of amidine groups is 1. The number of aliphatic imine (C=N–C) groups is 1. The minimum absolute atomic E-state index is 0.0746. The van der Waals surface area contributed by atoms with Crippen LogP contribution in [0.2, 0.25) is 0 Å². The maximum atomic E-state index is 13.7. The number of nitrogens with one attached hydrogen (secondary N) is 1. The number of ether oxygens (including phenoxy) is 2. The van der Waals surface area contributed by atoms with Gasteiger partial charge in [-0.25, -0.2) is 19.5 Å². The van der Waals surface area contributed by atoms with Crippen molar-refractivity contribution in [2.75, 3.05) is 13.7 Å². The number of halogens is 1. The van der Waals surface area contributed by atoms with Gasteiger partial charge in [0.15, 0.2) is 5.54 Å². The summed E-state index contributed by atoms with van der Waals surface area (Å²) < 4.78 is 24.5. The molecule has 0 bridgehead atoms. The van der Waals surface area contributed by atoms with Gasteiger partial charge in [-0.05, 0) is 52.6 Å². The molecule has 1 atom stereocenters. The number of amides is 1. The van der Waals surface area contributed by atoms with Gasteiger partial charge in [0.2, 0.25) is 0 Å². The third kappa shape index (κ3) is 3.69. The van der Waals surface area contributed by atoms with Crippen molar-refractivity contribution in [3.8, 4) is 16.9 Å². The molecule has 0 radical (unpaired) electrons. The fourth-order valence-electron chi connectivity index (χ4n) is 3.52. The lowest BCUT2D eigenvalue weighted by Crippen LogP contribution is -2.28. The standard InChI is InChI=1S/C23H19FN2O4/c1-29-20-10-8-17(9-11-20)23(14-30-21(26-23)25-22(27)28)18-6-2-4-15(12-18)16-5-3-7-19(24)13-16/h2-13H,14H2,1H3,(H,25,26)(H,27,28). The third-order valence-electron chi connectivity index (χ3n) is 4.99. The monoisotopic (exact) mass is 406 g/mol. The van der Waals surface area contributed by atoms with Crippen LogP contribution in [0, 0.1) is 5.82 Å². The average Bonchev–Trinajstić information content (AvgIpc) is 3.18. The summed E-state index contributed by atoms with van der Waals surface area (Å²) in [5.41, 5.74) is 2.18. The lowest BCUT2D eigenvalue weighted by molar-refractivity contribution is 0.195. The van der Waals surface area contributed by atoms with Crippen molar-refractivity contribution in [2.24, 2.45) is 4.99 Å². The zero-order chi connectivity index (χ0) is 21.1. The quantitative estimate of drug-likeness (QED) is 0.673. The zero-order valence-corrected chi connectivity index (χ0v) is 16.1. The second kappa shape index (κ2) is 7.87. The average molecular weight is 406 g/mol. The summed E-state index contributed by atoms with van der Waals surface area (Å²) in [5.74, 6) is 0.368. The molecule has 3 aromatic rings. The van der Waals surface area contributed by atoms with E-state index >= 15 is 0 Å². The summed E-state index contributed by atoms with van der Waals surface area (Å²) in [6.45, 7) is 0.113. The van der Waals surface area contributed by atoms with Crippen LogP contribution in [0.15, 0.2) is 77.8 Å². The number of carboxylic acid groups (broad SMARTS) is 1. The van der Waals surface area contributed by atoms with E-state index in [-0.39, 0.29) is 18.4 Å². The summed E-state index contributed by atoms with van der Waals surface area (Å²) in [7, 11) is 1.58. The van der Waals surface area contributed by atoms with E-state index in [1.165, 1.54) is 12.1 Å². The number of hydrogen-bond donors (Lipinski definition) is 2. The van der Waals surface area contributed by atoms with Crippen molar-refractivity contribution >= 4 is 12.1 Å². The summed E-state index contributed by atoms with van der Waals surface area (Å²) in [6, 6.07) is 21.2. The molecule has 0 aromatic heterocycles. The van der Waals surface area contributed by atoms with Crippen LogP contribution >= 0.6 is 0 Å². The van der Waals surface area contributed by atoms with E-state index in [4.69, 9.17) is 14.6 Å². The van der Waals surface area contributed by atoms with E-state index in [0.29, 0.717) is 5.75 Å². The highest BCUT2D eigenvalue weighted by molar-refractivity contribution is 5.91. The molecule has 1 aliphatic heterocycles. The molecule has 152 valence electrons. The normalized spacial score (nSPS) is 17.7. The largest absolute Gasteiger partial charge is 0.497 e. The number of hydrogen-bond acceptors (Lipinski definition) is 4. The Morgan fingerprint density at radius 3 is 2.43 bits per heavy atom. The van der Waals surface area contributed by atoms with E-state index in [1.54, 1.807) is 13.2 Å². The first-order chi connectivity index (χ1) is 14.5. The Hall–Kier alpha value is -3.87. The molecule has 0 spiro atoms. The molecule has 0 saturated carbocycles. The van der Waals surface area contributed by atoms with Crippen LogP contribution in [0.4, 0.5) is 9.18 Å². The Labute approximate surface area is 172 Å². The number of nitrogens with zero attached hydrogens (tertiary/aromatic N) is 1. The SMILES string of the molecule is COc1ccc(C2(c3cccc(-c4cccc(F)c4)c3)COC(NC(=O)O)=N2)cc1. The van der Waals surface area contributed by atoms with Gasteiger partial charge in [-0.2, -0.15) is 0 Å². The van der Waals surface area contributed by atoms with Gasteiger partial charge >= 0.3 is 6.09 Å². The topological polar surface area (TPSA) is 80.2 Å². The lowest BCUT2D eigenvalue weighted by atomic mass is 9.83. The van der Waals surface area contributed by atoms with Gasteiger partial charge in [-0.3, -0.25) is 0 Å². The third-order valence-corrected chi connectivity index (χ3v) is 4.99. The van der Waals surface area contributed by atoms with Crippen LogP contribution in [0.5, 0.6) is 5.75 Å². The van der Waals surface area contributed by atoms with Crippen molar-refractivity contribution in [1.29, 1.82) is 0 Å². The maximum Gasteiger partial charge on any atom is 0.412 e. The first-order valence-corrected chi connectivity index (χ1v) is 9.24. The highest BCUT2D eigenvalue weighted by atomic mass is 19.1. The molecule has 3 aromatic carbocycles. The minimum atomic E-state index is -1.26. The number of methoxy groups -OCH3 is 1. The molecule has 6 nitrogen and oxygen atoms in total. The van der Waals surface area contributed by atoms with Gasteiger partial charge in [0.25, 0.3) is 6.02 Å². The molecule has 0 fully saturated rings. The number of benzene rings is 3. The second-order valence-corrected chi connectivity index (χ2v) is 6.82. The minimum Gasteiger partial charge on any atom is -0.497 e. The molecular formula is C23H19FN2O4. The smallest absolute Gasteiger partial charge is 0.412 e. The Bertz CT molecular complexity index is 1110. The molecule has 1 aliphatic rings. The number of carbonyl (C=O) groups is 1. The molecule has 1 heterocycles. The predicted octanol–water partition coefficient (Wildman–Crippen LogP) is 4.40. The number of rotatable bonds is 4. The van der Waals surface area contributed by atoms with Crippen LogP contribution in [-0.4, -0.2) is 30.9 Å². The van der Waals surface area contributed by atoms with Gasteiger partial charge in [0.1, 0.15) is 18.2 Å². The van der Waals surface area contributed by atoms with Crippen molar-refractivity contribution in [1.82, 2.24) is 5.32 Å². The molecule has 1 unspecified atom stereocenters. The first-order valence-electron chi connectivity index (χ1n) is 9.24. The van der Waals surface area contributed by atoms with Crippen LogP contribution in [0.1, 0.15) is 11.1 Å². The zero-order valence-electron chi connectivity index (χ0n) is 16.1. The van der Waals surface area contributed by atoms with Crippen LogP contribution in [-0.2, 0) is 10.3 Å². The van der Waals surface area contributed by atoms with Crippen LogP contribution < -0.4 is 10.1 Å². The van der Waals surface area contributed by atoms with Gasteiger partial charge in [0.05, 0.1) is 7.11 Å². The Morgan fingerprint density at radius 1 is 1.07 bits per heavy atom. The molecule has 0 saturated heterocycles. The molecule has 0 aliphatic carbocycles. The van der Waals surface area contributed by atoms with E-state index in [1.807, 2.05) is 54.6 Å². The van der Waals surface area contributed by atoms with E-state index in [2.05, 4.69) is 10.3 Å². The summed E-state index contributed by atoms with van der Waals surface area (Å²) in [5, 5.41) is 11.2. The van der Waals surface area contributed by atoms with E-state index in [0.717, 1.165) is 22.3 Å². The predicted molar refractivity (Wildman–Crippen MR) is 110 cm³/mol. The summed E-state index contributed by atoms with van der Waals surface area (Å²) in [4.78, 5) is 15.7. The Balaban J connectivity index is 1.83. The highest BCUT2D eigenvalue weighted by Gasteiger charge is 2.41. The Morgan fingerprint density at radius 2 is 1.77 bits per heavy atom. The van der Waals surface area contributed by atoms with E-state index in [9.17, 15) is 9.18 Å². The van der Waals surface area contributed by atoms with Crippen molar-refractivity contribution < 1.29 is 23.8 Å². The van der Waals surface area contributed by atoms with Crippen molar-refractivity contribution in [2.45, 2.75) is 5.54 Å². The first kappa shape index (κ1) is 19.4. The molecular weight excluding hydrogens is 387 g/mol. The highest BCUT2D eigenvalue weighted by Crippen LogP contribution is 2.39. The van der Waals surface area contributed by atoms with Crippen LogP contribution in [0.3, 0.4) is 0 Å². The van der Waals surface area contributed by atoms with Crippen molar-refractivity contribution in [3.05, 3.63) is 89.7 Å². The Kier molecular flexibility index (Phi) is 5.10. The summed E-state index contributed by atoms with van der Waals surface area (Å²) in [6.07, 6.45) is -1.26. The molecule has 4 rings (SSSR count). The van der Waals surface area contributed by atoms with Crippen LogP contribution in [0.25, 0.3) is 11.1 Å². The summed E-state index contributed by atoms with van der Waals surface area (Å²) >= 11 is 0. The maximum absolute atomic E-state index is 13.7. The fraction of sp³-hybridized carbons (Fsp3) is 0.130. The molecule has 30 heavy (non-hydrogen) atoms. The van der Waals surface area contributed by atoms with Crippen molar-refractivity contribution in [3.63, 3.8) is 0 Å². The van der Waals surface area contributed by atoms with Gasteiger partial charge < -0.3 is 14.6 Å². The lowest BCUT2D eigenvalue weighted by Gasteiger charge is -2.26. The second-order valence-electron chi connectivity index (χ2n) is 6.82. The van der Waals surface area contributed by atoms with Gasteiger partial charge in [0, 0.05) is 0 Å². The molecule has 1 amide bonds. The molecule has 7 heteroatoms. The van der Waals surface area contributed by atoms with E-state index < -0.39 is 11.6 Å².